The summed E-state index contributed by atoms with van der Waals surface area (Å²) in [6.07, 6.45) is 0. The molecule has 0 heterocycles. The molecule has 8 nitrogen and oxygen atoms in total. The minimum Gasteiger partial charge on any atom is -0.494 e. The van der Waals surface area contributed by atoms with Gasteiger partial charge in [0.15, 0.2) is 0 Å². The second-order valence-electron chi connectivity index (χ2n) is 8.26. The van der Waals surface area contributed by atoms with Gasteiger partial charge in [-0.2, -0.15) is 0 Å². The molecule has 0 aromatic heterocycles. The third-order valence-electron chi connectivity index (χ3n) is 5.85. The van der Waals surface area contributed by atoms with E-state index in [1.54, 1.807) is 67.6 Å². The fraction of sp³-hybridized carbons (Fsp3) is 0.259. The van der Waals surface area contributed by atoms with Crippen LogP contribution in [-0.2, 0) is 26.2 Å². The van der Waals surface area contributed by atoms with Crippen molar-refractivity contribution in [3.05, 3.63) is 88.4 Å². The Morgan fingerprint density at radius 3 is 2.11 bits per heavy atom. The van der Waals surface area contributed by atoms with Crippen molar-refractivity contribution in [1.29, 1.82) is 0 Å². The van der Waals surface area contributed by atoms with Gasteiger partial charge in [0.25, 0.3) is 10.0 Å². The van der Waals surface area contributed by atoms with Crippen molar-refractivity contribution in [2.24, 2.45) is 0 Å². The summed E-state index contributed by atoms with van der Waals surface area (Å²) in [4.78, 5) is 27.6. The number of benzene rings is 3. The van der Waals surface area contributed by atoms with Gasteiger partial charge in [-0.1, -0.05) is 47.5 Å². The molecular formula is C27H29Cl2N3O5S. The van der Waals surface area contributed by atoms with Gasteiger partial charge in [0.05, 0.1) is 17.2 Å². The molecule has 0 unspecified atom stereocenters. The van der Waals surface area contributed by atoms with E-state index >= 15 is 0 Å². The summed E-state index contributed by atoms with van der Waals surface area (Å²) < 4.78 is 34.0. The Kier molecular flexibility index (Phi) is 10.0. The highest BCUT2D eigenvalue weighted by Gasteiger charge is 2.32. The SMILES string of the molecule is CCOc1ccc(S(=O)(=O)N(CC(=O)N(Cc2c(Cl)cccc2Cl)[C@@H](C)C(=O)NC)c2ccccc2)cc1. The largest absolute Gasteiger partial charge is 0.494 e. The number of nitrogens with one attached hydrogen (secondary N) is 1. The fourth-order valence-electron chi connectivity index (χ4n) is 3.77. The van der Waals surface area contributed by atoms with Crippen molar-refractivity contribution in [3.8, 4) is 5.75 Å². The minimum atomic E-state index is -4.18. The average molecular weight is 579 g/mol. The van der Waals surface area contributed by atoms with Crippen LogP contribution in [0.1, 0.15) is 19.4 Å². The van der Waals surface area contributed by atoms with E-state index < -0.39 is 34.4 Å². The lowest BCUT2D eigenvalue weighted by Gasteiger charge is -2.32. The van der Waals surface area contributed by atoms with Crippen LogP contribution in [0.2, 0.25) is 10.0 Å². The Morgan fingerprint density at radius 1 is 0.947 bits per heavy atom. The van der Waals surface area contributed by atoms with E-state index in [-0.39, 0.29) is 17.1 Å². The second kappa shape index (κ2) is 13.0. The van der Waals surface area contributed by atoms with Crippen LogP contribution in [0.15, 0.2) is 77.7 Å². The first-order valence-corrected chi connectivity index (χ1v) is 14.0. The van der Waals surface area contributed by atoms with Crippen molar-refractivity contribution in [2.45, 2.75) is 31.3 Å². The number of carbonyl (C=O) groups excluding carboxylic acids is 2. The van der Waals surface area contributed by atoms with Crippen molar-refractivity contribution in [2.75, 3.05) is 24.5 Å². The van der Waals surface area contributed by atoms with E-state index in [4.69, 9.17) is 27.9 Å². The summed E-state index contributed by atoms with van der Waals surface area (Å²) in [6.45, 7) is 3.15. The Labute approximate surface area is 233 Å². The first-order valence-electron chi connectivity index (χ1n) is 11.8. The molecule has 0 fully saturated rings. The van der Waals surface area contributed by atoms with Crippen LogP contribution < -0.4 is 14.4 Å². The zero-order valence-electron chi connectivity index (χ0n) is 21.2. The maximum Gasteiger partial charge on any atom is 0.264 e. The maximum atomic E-state index is 13.8. The molecule has 0 radical (unpaired) electrons. The number of halogens is 2. The third kappa shape index (κ3) is 6.78. The molecule has 11 heteroatoms. The lowest BCUT2D eigenvalue weighted by molar-refractivity contribution is -0.139. The van der Waals surface area contributed by atoms with E-state index in [1.807, 2.05) is 6.92 Å². The topological polar surface area (TPSA) is 96.0 Å². The highest BCUT2D eigenvalue weighted by Crippen LogP contribution is 2.28. The number of hydrogen-bond acceptors (Lipinski definition) is 5. The van der Waals surface area contributed by atoms with E-state index in [0.29, 0.717) is 28.0 Å². The molecule has 0 saturated heterocycles. The summed E-state index contributed by atoms with van der Waals surface area (Å²) in [5.74, 6) is -0.520. The molecule has 0 saturated carbocycles. The highest BCUT2D eigenvalue weighted by atomic mass is 35.5. The van der Waals surface area contributed by atoms with Crippen molar-refractivity contribution in [3.63, 3.8) is 0 Å². The summed E-state index contributed by atoms with van der Waals surface area (Å²) >= 11 is 12.7. The van der Waals surface area contributed by atoms with E-state index in [1.165, 1.54) is 24.1 Å². The summed E-state index contributed by atoms with van der Waals surface area (Å²) in [6, 6.07) is 18.2. The van der Waals surface area contributed by atoms with Crippen molar-refractivity contribution < 1.29 is 22.7 Å². The Bertz CT molecular complexity index is 1350. The van der Waals surface area contributed by atoms with Crippen molar-refractivity contribution in [1.82, 2.24) is 10.2 Å². The molecule has 1 N–H and O–H groups in total. The van der Waals surface area contributed by atoms with Gasteiger partial charge in [0.2, 0.25) is 11.8 Å². The summed E-state index contributed by atoms with van der Waals surface area (Å²) in [7, 11) is -2.72. The number of carbonyl (C=O) groups is 2. The number of para-hydroxylation sites is 1. The van der Waals surface area contributed by atoms with Gasteiger partial charge in [-0.25, -0.2) is 8.42 Å². The standard InChI is InChI=1S/C27H29Cl2N3O5S/c1-4-37-21-13-15-22(16-14-21)38(35,36)32(20-9-6-5-7-10-20)18-26(33)31(19(2)27(34)30-3)17-23-24(28)11-8-12-25(23)29/h5-16,19H,4,17-18H2,1-3H3,(H,30,34)/t19-/m0/s1. The van der Waals surface area contributed by atoms with Crippen LogP contribution in [0.5, 0.6) is 5.75 Å². The third-order valence-corrected chi connectivity index (χ3v) is 8.35. The van der Waals surface area contributed by atoms with Crippen LogP contribution in [0.3, 0.4) is 0 Å². The van der Waals surface area contributed by atoms with E-state index in [9.17, 15) is 18.0 Å². The Hall–Kier alpha value is -3.27. The van der Waals surface area contributed by atoms with Gasteiger partial charge in [-0.3, -0.25) is 13.9 Å². The highest BCUT2D eigenvalue weighted by molar-refractivity contribution is 7.92. The Balaban J connectivity index is 2.02. The predicted molar refractivity (Wildman–Crippen MR) is 149 cm³/mol. The average Bonchev–Trinajstić information content (AvgIpc) is 2.91. The molecular weight excluding hydrogens is 549 g/mol. The van der Waals surface area contributed by atoms with Gasteiger partial charge in [-0.15, -0.1) is 0 Å². The molecule has 202 valence electrons. The second-order valence-corrected chi connectivity index (χ2v) is 10.9. The number of nitrogens with zero attached hydrogens (tertiary/aromatic N) is 2. The molecule has 0 bridgehead atoms. The molecule has 0 aliphatic heterocycles. The zero-order valence-corrected chi connectivity index (χ0v) is 23.6. The van der Waals surface area contributed by atoms with E-state index in [2.05, 4.69) is 5.32 Å². The number of likely N-dealkylation sites (N-methyl/N-ethyl adjacent to an activating group) is 1. The lowest BCUT2D eigenvalue weighted by atomic mass is 10.1. The van der Waals surface area contributed by atoms with Crippen LogP contribution in [0, 0.1) is 0 Å². The lowest BCUT2D eigenvalue weighted by Crippen LogP contribution is -2.50. The molecule has 0 aliphatic rings. The van der Waals surface area contributed by atoms with Gasteiger partial charge in [0, 0.05) is 29.2 Å². The molecule has 0 aliphatic carbocycles. The van der Waals surface area contributed by atoms with Crippen LogP contribution in [0.4, 0.5) is 5.69 Å². The molecule has 0 spiro atoms. The number of sulfonamides is 1. The molecule has 3 rings (SSSR count). The van der Waals surface area contributed by atoms with Gasteiger partial charge >= 0.3 is 0 Å². The molecule has 3 aromatic carbocycles. The smallest absolute Gasteiger partial charge is 0.264 e. The number of amides is 2. The fourth-order valence-corrected chi connectivity index (χ4v) is 5.70. The van der Waals surface area contributed by atoms with Crippen LogP contribution in [0.25, 0.3) is 0 Å². The van der Waals surface area contributed by atoms with E-state index in [0.717, 1.165) is 4.31 Å². The monoisotopic (exact) mass is 577 g/mol. The van der Waals surface area contributed by atoms with Crippen LogP contribution in [-0.4, -0.2) is 51.4 Å². The maximum absolute atomic E-state index is 13.8. The summed E-state index contributed by atoms with van der Waals surface area (Å²) in [5.41, 5.74) is 0.735. The minimum absolute atomic E-state index is 0.0161. The number of hydrogen-bond donors (Lipinski definition) is 1. The van der Waals surface area contributed by atoms with Gasteiger partial charge in [0.1, 0.15) is 18.3 Å². The first kappa shape index (κ1) is 29.3. The van der Waals surface area contributed by atoms with Gasteiger partial charge < -0.3 is 15.0 Å². The number of ether oxygens (including phenoxy) is 1. The predicted octanol–water partition coefficient (Wildman–Crippen LogP) is 4.75. The quantitative estimate of drug-likeness (QED) is 0.354. The molecule has 2 amide bonds. The first-order chi connectivity index (χ1) is 18.1. The van der Waals surface area contributed by atoms with Gasteiger partial charge in [-0.05, 0) is 62.4 Å². The van der Waals surface area contributed by atoms with Crippen molar-refractivity contribution >= 4 is 50.7 Å². The number of anilines is 1. The molecule has 3 aromatic rings. The normalized spacial score (nSPS) is 11.9. The Morgan fingerprint density at radius 2 is 1.55 bits per heavy atom. The zero-order chi connectivity index (χ0) is 27.9. The van der Waals surface area contributed by atoms with Crippen LogP contribution >= 0.6 is 23.2 Å². The molecule has 1 atom stereocenters. The number of rotatable bonds is 11. The summed E-state index contributed by atoms with van der Waals surface area (Å²) in [5, 5.41) is 3.17. The molecule has 38 heavy (non-hydrogen) atoms.